The van der Waals surface area contributed by atoms with Crippen LogP contribution in [0.3, 0.4) is 0 Å². The average molecular weight is 164 g/mol. The van der Waals surface area contributed by atoms with Crippen LogP contribution in [0.1, 0.15) is 19.0 Å². The van der Waals surface area contributed by atoms with Gasteiger partial charge in [-0.05, 0) is 18.6 Å². The van der Waals surface area contributed by atoms with E-state index in [2.05, 4.69) is 18.5 Å². The van der Waals surface area contributed by atoms with E-state index in [9.17, 15) is 0 Å². The molecular weight excluding hydrogens is 148 g/mol. The Morgan fingerprint density at radius 2 is 2.25 bits per heavy atom. The van der Waals surface area contributed by atoms with Crippen molar-refractivity contribution in [1.82, 2.24) is 4.98 Å². The first kappa shape index (κ1) is 10.8. The van der Waals surface area contributed by atoms with Crippen LogP contribution in [0, 0.1) is 0 Å². The van der Waals surface area contributed by atoms with E-state index >= 15 is 0 Å². The molecule has 0 aromatic carbocycles. The van der Waals surface area contributed by atoms with Crippen molar-refractivity contribution in [2.45, 2.75) is 19.9 Å². The second kappa shape index (κ2) is 7.95. The average Bonchev–Trinajstić information content (AvgIpc) is 2.19. The van der Waals surface area contributed by atoms with Crippen LogP contribution in [0.15, 0.2) is 37.1 Å². The summed E-state index contributed by atoms with van der Waals surface area (Å²) >= 11 is 0. The molecule has 1 heterocycles. The summed E-state index contributed by atoms with van der Waals surface area (Å²) in [5.74, 6) is 0. The Hall–Kier alpha value is -1.15. The third kappa shape index (κ3) is 5.62. The van der Waals surface area contributed by atoms with Crippen LogP contribution < -0.4 is 5.73 Å². The lowest BCUT2D eigenvalue weighted by atomic mass is 10.4. The van der Waals surface area contributed by atoms with Crippen molar-refractivity contribution >= 4 is 0 Å². The molecule has 1 aromatic heterocycles. The topological polar surface area (TPSA) is 38.9 Å². The monoisotopic (exact) mass is 164 g/mol. The first-order valence-electron chi connectivity index (χ1n) is 4.06. The summed E-state index contributed by atoms with van der Waals surface area (Å²) in [6.45, 7) is 6.07. The molecule has 12 heavy (non-hydrogen) atoms. The maximum absolute atomic E-state index is 5.29. The number of pyridine rings is 1. The van der Waals surface area contributed by atoms with Crippen LogP contribution in [0.25, 0.3) is 0 Å². The number of hydrogen-bond acceptors (Lipinski definition) is 2. The van der Waals surface area contributed by atoms with E-state index in [1.807, 2.05) is 24.3 Å². The highest BCUT2D eigenvalue weighted by Gasteiger charge is 1.81. The summed E-state index contributed by atoms with van der Waals surface area (Å²) in [5.41, 5.74) is 6.22. The van der Waals surface area contributed by atoms with Gasteiger partial charge in [0.25, 0.3) is 0 Å². The maximum Gasteiger partial charge on any atom is 0.0539 e. The first-order chi connectivity index (χ1) is 5.85. The standard InChI is InChI=1S/C6H8N2.C4H8/c7-5-6-3-1-2-4-8-6;1-3-4-2/h1-4H,5,7H2;3H,1,4H2,2H3. The van der Waals surface area contributed by atoms with Gasteiger partial charge in [-0.2, -0.15) is 0 Å². The fourth-order valence-electron chi connectivity index (χ4n) is 0.519. The smallest absolute Gasteiger partial charge is 0.0539 e. The van der Waals surface area contributed by atoms with Gasteiger partial charge < -0.3 is 5.73 Å². The molecule has 0 atom stereocenters. The Morgan fingerprint density at radius 3 is 2.50 bits per heavy atom. The van der Waals surface area contributed by atoms with Gasteiger partial charge in [0.15, 0.2) is 0 Å². The minimum absolute atomic E-state index is 0.529. The van der Waals surface area contributed by atoms with Crippen molar-refractivity contribution in [3.8, 4) is 0 Å². The second-order valence-corrected chi connectivity index (χ2v) is 2.22. The molecule has 2 N–H and O–H groups in total. The molecule has 0 saturated carbocycles. The van der Waals surface area contributed by atoms with Crippen molar-refractivity contribution < 1.29 is 0 Å². The van der Waals surface area contributed by atoms with Gasteiger partial charge >= 0.3 is 0 Å². The van der Waals surface area contributed by atoms with Gasteiger partial charge in [0.05, 0.1) is 5.69 Å². The Kier molecular flexibility index (Phi) is 7.19. The Bertz CT molecular complexity index is 194. The van der Waals surface area contributed by atoms with Crippen LogP contribution in [-0.4, -0.2) is 4.98 Å². The SMILES string of the molecule is C=CCC.NCc1ccccn1. The molecule has 0 amide bonds. The normalized spacial score (nSPS) is 8.17. The molecule has 0 aliphatic carbocycles. The van der Waals surface area contributed by atoms with Gasteiger partial charge in [0.1, 0.15) is 0 Å². The lowest BCUT2D eigenvalue weighted by Gasteiger charge is -1.89. The van der Waals surface area contributed by atoms with E-state index < -0.39 is 0 Å². The van der Waals surface area contributed by atoms with Gasteiger partial charge in [0, 0.05) is 12.7 Å². The number of rotatable bonds is 2. The lowest BCUT2D eigenvalue weighted by Crippen LogP contribution is -1.97. The zero-order valence-corrected chi connectivity index (χ0v) is 7.53. The van der Waals surface area contributed by atoms with E-state index in [-0.39, 0.29) is 0 Å². The highest BCUT2D eigenvalue weighted by molar-refractivity contribution is 5.02. The highest BCUT2D eigenvalue weighted by Crippen LogP contribution is 1.88. The maximum atomic E-state index is 5.29. The molecule has 0 spiro atoms. The molecule has 2 heteroatoms. The van der Waals surface area contributed by atoms with Crippen molar-refractivity contribution in [2.24, 2.45) is 5.73 Å². The van der Waals surface area contributed by atoms with Gasteiger partial charge in [-0.3, -0.25) is 4.98 Å². The largest absolute Gasteiger partial charge is 0.325 e. The van der Waals surface area contributed by atoms with Gasteiger partial charge in [-0.1, -0.05) is 19.1 Å². The molecule has 0 aliphatic rings. The van der Waals surface area contributed by atoms with Crippen molar-refractivity contribution in [1.29, 1.82) is 0 Å². The molecule has 66 valence electrons. The van der Waals surface area contributed by atoms with E-state index in [1.54, 1.807) is 6.20 Å². The molecule has 0 fully saturated rings. The highest BCUT2D eigenvalue weighted by atomic mass is 14.7. The number of allylic oxidation sites excluding steroid dienone is 1. The summed E-state index contributed by atoms with van der Waals surface area (Å²) in [5, 5.41) is 0. The van der Waals surface area contributed by atoms with Gasteiger partial charge in [-0.25, -0.2) is 0 Å². The third-order valence-corrected chi connectivity index (χ3v) is 1.22. The van der Waals surface area contributed by atoms with E-state index in [1.165, 1.54) is 0 Å². The third-order valence-electron chi connectivity index (χ3n) is 1.22. The lowest BCUT2D eigenvalue weighted by molar-refractivity contribution is 0.991. The van der Waals surface area contributed by atoms with Crippen LogP contribution in [0.2, 0.25) is 0 Å². The number of hydrogen-bond donors (Lipinski definition) is 1. The van der Waals surface area contributed by atoms with E-state index in [4.69, 9.17) is 5.73 Å². The van der Waals surface area contributed by atoms with E-state index in [0.717, 1.165) is 12.1 Å². The minimum Gasteiger partial charge on any atom is -0.325 e. The molecule has 0 radical (unpaired) electrons. The quantitative estimate of drug-likeness (QED) is 0.680. The summed E-state index contributed by atoms with van der Waals surface area (Å²) in [6.07, 6.45) is 4.70. The van der Waals surface area contributed by atoms with Gasteiger partial charge in [-0.15, -0.1) is 6.58 Å². The van der Waals surface area contributed by atoms with Crippen LogP contribution in [0.4, 0.5) is 0 Å². The van der Waals surface area contributed by atoms with Crippen molar-refractivity contribution in [2.75, 3.05) is 0 Å². The zero-order chi connectivity index (χ0) is 9.23. The Labute approximate surface area is 74.1 Å². The molecule has 0 bridgehead atoms. The molecule has 1 aromatic rings. The molecule has 0 saturated heterocycles. The fraction of sp³-hybridized carbons (Fsp3) is 0.300. The molecule has 1 rings (SSSR count). The predicted molar refractivity (Wildman–Crippen MR) is 52.6 cm³/mol. The number of aromatic nitrogens is 1. The Balaban J connectivity index is 0.000000261. The Morgan fingerprint density at radius 1 is 1.58 bits per heavy atom. The van der Waals surface area contributed by atoms with Crippen LogP contribution in [-0.2, 0) is 6.54 Å². The van der Waals surface area contributed by atoms with Crippen LogP contribution >= 0.6 is 0 Å². The number of nitrogens with zero attached hydrogens (tertiary/aromatic N) is 1. The summed E-state index contributed by atoms with van der Waals surface area (Å²) in [6, 6.07) is 5.70. The molecule has 2 nitrogen and oxygen atoms in total. The minimum atomic E-state index is 0.529. The number of nitrogens with two attached hydrogens (primary N) is 1. The fourth-order valence-corrected chi connectivity index (χ4v) is 0.519. The zero-order valence-electron chi connectivity index (χ0n) is 7.53. The molecular formula is C10H16N2. The summed E-state index contributed by atoms with van der Waals surface area (Å²) in [4.78, 5) is 3.97. The summed E-state index contributed by atoms with van der Waals surface area (Å²) < 4.78 is 0. The first-order valence-corrected chi connectivity index (χ1v) is 4.06. The second-order valence-electron chi connectivity index (χ2n) is 2.22. The van der Waals surface area contributed by atoms with Crippen LogP contribution in [0.5, 0.6) is 0 Å². The molecule has 0 aliphatic heterocycles. The van der Waals surface area contributed by atoms with Crippen molar-refractivity contribution in [3.05, 3.63) is 42.7 Å². The van der Waals surface area contributed by atoms with Crippen molar-refractivity contribution in [3.63, 3.8) is 0 Å². The molecule has 0 unspecified atom stereocenters. The van der Waals surface area contributed by atoms with Gasteiger partial charge in [0.2, 0.25) is 0 Å². The predicted octanol–water partition coefficient (Wildman–Crippen LogP) is 2.12. The van der Waals surface area contributed by atoms with E-state index in [0.29, 0.717) is 6.54 Å². The summed E-state index contributed by atoms with van der Waals surface area (Å²) in [7, 11) is 0.